The highest BCUT2D eigenvalue weighted by atomic mass is 16.7. The van der Waals surface area contributed by atoms with Crippen molar-refractivity contribution in [3.05, 3.63) is 48.0 Å². The van der Waals surface area contributed by atoms with Gasteiger partial charge in [-0.3, -0.25) is 4.79 Å². The first-order valence-corrected chi connectivity index (χ1v) is 10.8. The van der Waals surface area contributed by atoms with Gasteiger partial charge in [-0.2, -0.15) is 0 Å². The first-order valence-electron chi connectivity index (χ1n) is 10.8. The van der Waals surface area contributed by atoms with Crippen LogP contribution in [0.25, 0.3) is 0 Å². The molecule has 2 aromatic carbocycles. The van der Waals surface area contributed by atoms with Gasteiger partial charge in [0.1, 0.15) is 6.54 Å². The van der Waals surface area contributed by atoms with E-state index in [1.807, 2.05) is 37.4 Å². The number of ether oxygens (including phenoxy) is 2. The minimum atomic E-state index is 0.0150. The smallest absolute Gasteiger partial charge is 0.279 e. The predicted molar refractivity (Wildman–Crippen MR) is 117 cm³/mol. The maximum atomic E-state index is 12.5. The summed E-state index contributed by atoms with van der Waals surface area (Å²) in [4.78, 5) is 17.7. The van der Waals surface area contributed by atoms with Crippen molar-refractivity contribution >= 4 is 17.3 Å². The molecule has 3 N–H and O–H groups in total. The number of hydrogen-bond acceptors (Lipinski definition) is 4. The standard InChI is InChI=1S/C23H30N4O3/c1-3-26-10-12-27(13-11-26)20-7-5-19(6-8-20)24-23(28)16-25(2)15-18-4-9-21-22(14-18)30-17-29-21/h4-9,14H,3,10-13,15-17H2,1-2H3,(H,24,28)/p+2. The zero-order valence-electron chi connectivity index (χ0n) is 17.9. The first-order chi connectivity index (χ1) is 14.6. The topological polar surface area (TPSA) is 59.7 Å². The van der Waals surface area contributed by atoms with E-state index < -0.39 is 0 Å². The maximum Gasteiger partial charge on any atom is 0.279 e. The molecule has 1 atom stereocenters. The van der Waals surface area contributed by atoms with Crippen LogP contribution in [0.5, 0.6) is 11.5 Å². The molecule has 1 unspecified atom stereocenters. The SMILES string of the molecule is CC[NH+]1CCN(c2ccc(NC(=O)C[NH+](C)Cc3ccc4c(c3)OCO4)cc2)CC1. The molecule has 30 heavy (non-hydrogen) atoms. The number of anilines is 2. The molecule has 7 nitrogen and oxygen atoms in total. The highest BCUT2D eigenvalue weighted by molar-refractivity contribution is 5.91. The second-order valence-electron chi connectivity index (χ2n) is 8.18. The number of likely N-dealkylation sites (N-methyl/N-ethyl adjacent to an activating group) is 2. The molecule has 7 heteroatoms. The monoisotopic (exact) mass is 412 g/mol. The molecule has 1 fully saturated rings. The van der Waals surface area contributed by atoms with Gasteiger partial charge in [0.15, 0.2) is 18.0 Å². The van der Waals surface area contributed by atoms with Crippen molar-refractivity contribution in [3.63, 3.8) is 0 Å². The van der Waals surface area contributed by atoms with Crippen molar-refractivity contribution in [3.8, 4) is 11.5 Å². The van der Waals surface area contributed by atoms with E-state index in [4.69, 9.17) is 9.47 Å². The molecule has 0 aliphatic carbocycles. The van der Waals surface area contributed by atoms with Crippen LogP contribution < -0.4 is 29.5 Å². The Hall–Kier alpha value is -2.77. The molecule has 0 saturated carbocycles. The highest BCUT2D eigenvalue weighted by Gasteiger charge is 2.19. The molecular weight excluding hydrogens is 380 g/mol. The van der Waals surface area contributed by atoms with Gasteiger partial charge in [-0.1, -0.05) is 0 Å². The Labute approximate surface area is 178 Å². The van der Waals surface area contributed by atoms with Crippen molar-refractivity contribution in [2.75, 3.05) is 63.3 Å². The average molecular weight is 413 g/mol. The number of hydrogen-bond donors (Lipinski definition) is 3. The summed E-state index contributed by atoms with van der Waals surface area (Å²) in [6, 6.07) is 14.2. The number of rotatable bonds is 7. The summed E-state index contributed by atoms with van der Waals surface area (Å²) in [6.45, 7) is 9.42. The van der Waals surface area contributed by atoms with E-state index >= 15 is 0 Å². The Morgan fingerprint density at radius 3 is 2.57 bits per heavy atom. The Morgan fingerprint density at radius 2 is 1.83 bits per heavy atom. The lowest BCUT2D eigenvalue weighted by atomic mass is 10.2. The lowest BCUT2D eigenvalue weighted by Gasteiger charge is -2.33. The molecular formula is C23H32N4O3+2. The molecule has 0 bridgehead atoms. The van der Waals surface area contributed by atoms with Crippen LogP contribution in [0.3, 0.4) is 0 Å². The lowest BCUT2D eigenvalue weighted by Crippen LogP contribution is -3.14. The molecule has 1 saturated heterocycles. The number of piperazine rings is 1. The summed E-state index contributed by atoms with van der Waals surface area (Å²) < 4.78 is 10.8. The Kier molecular flexibility index (Phi) is 6.40. The van der Waals surface area contributed by atoms with Crippen LogP contribution in [0.15, 0.2) is 42.5 Å². The highest BCUT2D eigenvalue weighted by Crippen LogP contribution is 2.32. The molecule has 2 aromatic rings. The third kappa shape index (κ3) is 5.04. The van der Waals surface area contributed by atoms with Gasteiger partial charge in [0.2, 0.25) is 6.79 Å². The van der Waals surface area contributed by atoms with Crippen LogP contribution in [-0.4, -0.2) is 59.0 Å². The van der Waals surface area contributed by atoms with Gasteiger partial charge in [-0.25, -0.2) is 0 Å². The van der Waals surface area contributed by atoms with Crippen molar-refractivity contribution in [1.82, 2.24) is 0 Å². The summed E-state index contributed by atoms with van der Waals surface area (Å²) >= 11 is 0. The Morgan fingerprint density at radius 1 is 1.10 bits per heavy atom. The zero-order chi connectivity index (χ0) is 20.9. The summed E-state index contributed by atoms with van der Waals surface area (Å²) in [5.74, 6) is 1.58. The molecule has 0 spiro atoms. The lowest BCUT2D eigenvalue weighted by molar-refractivity contribution is -0.898. The average Bonchev–Trinajstić information content (AvgIpc) is 3.22. The van der Waals surface area contributed by atoms with Gasteiger partial charge in [-0.05, 0) is 49.4 Å². The third-order valence-electron chi connectivity index (χ3n) is 5.89. The van der Waals surface area contributed by atoms with Crippen LogP contribution in [0.2, 0.25) is 0 Å². The van der Waals surface area contributed by atoms with Crippen LogP contribution in [0.1, 0.15) is 12.5 Å². The fraction of sp³-hybridized carbons (Fsp3) is 0.435. The van der Waals surface area contributed by atoms with Gasteiger partial charge >= 0.3 is 0 Å². The van der Waals surface area contributed by atoms with Crippen LogP contribution >= 0.6 is 0 Å². The largest absolute Gasteiger partial charge is 0.454 e. The van der Waals surface area contributed by atoms with Crippen LogP contribution in [-0.2, 0) is 11.3 Å². The first kappa shape index (κ1) is 20.5. The van der Waals surface area contributed by atoms with Crippen molar-refractivity contribution in [1.29, 1.82) is 0 Å². The van der Waals surface area contributed by atoms with Gasteiger partial charge in [-0.15, -0.1) is 0 Å². The van der Waals surface area contributed by atoms with Crippen LogP contribution in [0.4, 0.5) is 11.4 Å². The van der Waals surface area contributed by atoms with Crippen molar-refractivity contribution < 1.29 is 24.1 Å². The number of carbonyl (C=O) groups excluding carboxylic acids is 1. The number of carbonyl (C=O) groups is 1. The molecule has 1 amide bonds. The van der Waals surface area contributed by atoms with E-state index in [9.17, 15) is 4.79 Å². The predicted octanol–water partition coefficient (Wildman–Crippen LogP) is -0.206. The molecule has 160 valence electrons. The summed E-state index contributed by atoms with van der Waals surface area (Å²) in [5, 5.41) is 3.02. The van der Waals surface area contributed by atoms with E-state index in [1.165, 1.54) is 25.3 Å². The second-order valence-corrected chi connectivity index (χ2v) is 8.18. The number of nitrogens with zero attached hydrogens (tertiary/aromatic N) is 1. The van der Waals surface area contributed by atoms with Crippen molar-refractivity contribution in [2.24, 2.45) is 0 Å². The van der Waals surface area contributed by atoms with Gasteiger partial charge in [0, 0.05) is 16.9 Å². The fourth-order valence-corrected chi connectivity index (χ4v) is 4.13. The quantitative estimate of drug-likeness (QED) is 0.589. The number of benzene rings is 2. The van der Waals surface area contributed by atoms with E-state index in [2.05, 4.69) is 29.3 Å². The van der Waals surface area contributed by atoms with E-state index in [-0.39, 0.29) is 12.7 Å². The maximum absolute atomic E-state index is 12.5. The van der Waals surface area contributed by atoms with Gasteiger partial charge in [0.25, 0.3) is 5.91 Å². The molecule has 2 heterocycles. The Bertz CT molecular complexity index is 863. The molecule has 2 aliphatic heterocycles. The number of fused-ring (bicyclic) bond motifs is 1. The minimum Gasteiger partial charge on any atom is -0.454 e. The third-order valence-corrected chi connectivity index (χ3v) is 5.89. The fourth-order valence-electron chi connectivity index (χ4n) is 4.13. The van der Waals surface area contributed by atoms with E-state index in [0.29, 0.717) is 6.54 Å². The number of nitrogens with one attached hydrogen (secondary N) is 3. The van der Waals surface area contributed by atoms with Crippen LogP contribution in [0, 0.1) is 0 Å². The molecule has 0 radical (unpaired) electrons. The summed E-state index contributed by atoms with van der Waals surface area (Å²) in [7, 11) is 2.02. The van der Waals surface area contributed by atoms with Gasteiger partial charge < -0.3 is 29.5 Å². The molecule has 0 aromatic heterocycles. The van der Waals surface area contributed by atoms with Gasteiger partial charge in [0.05, 0.1) is 39.8 Å². The minimum absolute atomic E-state index is 0.0150. The Balaban J connectivity index is 1.25. The molecule has 2 aliphatic rings. The number of amides is 1. The summed E-state index contributed by atoms with van der Waals surface area (Å²) in [5.41, 5.74) is 3.20. The van der Waals surface area contributed by atoms with Crippen molar-refractivity contribution in [2.45, 2.75) is 13.5 Å². The van der Waals surface area contributed by atoms with E-state index in [1.54, 1.807) is 4.90 Å². The normalized spacial score (nSPS) is 17.1. The second kappa shape index (κ2) is 9.36. The molecule has 4 rings (SSSR count). The zero-order valence-corrected chi connectivity index (χ0v) is 17.9. The van der Waals surface area contributed by atoms with E-state index in [0.717, 1.165) is 47.3 Å². The summed E-state index contributed by atoms with van der Waals surface area (Å²) in [6.07, 6.45) is 0. The number of quaternary nitrogens is 2.